The van der Waals surface area contributed by atoms with Gasteiger partial charge < -0.3 is 19.3 Å². The van der Waals surface area contributed by atoms with Gasteiger partial charge in [0, 0.05) is 11.8 Å². The van der Waals surface area contributed by atoms with Crippen LogP contribution in [0.1, 0.15) is 33.1 Å². The van der Waals surface area contributed by atoms with Crippen LogP contribution in [-0.4, -0.2) is 57.1 Å². The van der Waals surface area contributed by atoms with Gasteiger partial charge >= 0.3 is 18.2 Å². The number of methoxy groups -OCH3 is 1. The first kappa shape index (κ1) is 30.2. The summed E-state index contributed by atoms with van der Waals surface area (Å²) in [7, 11) is -3.28. The Balaban J connectivity index is 1.69. The molecule has 2 aromatic rings. The van der Waals surface area contributed by atoms with Gasteiger partial charge in [0.1, 0.15) is 11.9 Å². The number of carbonyl (C=O) groups excluding carboxylic acids is 1. The van der Waals surface area contributed by atoms with Crippen LogP contribution in [0.5, 0.6) is 11.5 Å². The van der Waals surface area contributed by atoms with Crippen molar-refractivity contribution in [2.24, 2.45) is 11.8 Å². The van der Waals surface area contributed by atoms with Crippen molar-refractivity contribution < 1.29 is 54.9 Å². The van der Waals surface area contributed by atoms with Crippen LogP contribution >= 0.6 is 0 Å². The van der Waals surface area contributed by atoms with E-state index in [2.05, 4.69) is 10.1 Å². The molecule has 1 aliphatic carbocycles. The van der Waals surface area contributed by atoms with Gasteiger partial charge in [-0.15, -0.1) is 0 Å². The number of anilines is 2. The molecule has 224 valence electrons. The number of benzene rings is 2. The minimum absolute atomic E-state index is 0.0110. The van der Waals surface area contributed by atoms with Crippen LogP contribution in [-0.2, 0) is 19.6 Å². The Morgan fingerprint density at radius 2 is 1.85 bits per heavy atom. The molecule has 2 N–H and O–H groups in total. The third-order valence-electron chi connectivity index (χ3n) is 6.90. The van der Waals surface area contributed by atoms with E-state index in [1.165, 1.54) is 18.2 Å². The fourth-order valence-corrected chi connectivity index (χ4v) is 5.89. The lowest BCUT2D eigenvalue weighted by Gasteiger charge is -2.36. The second-order valence-electron chi connectivity index (χ2n) is 10.3. The number of nitrogens with one attached hydrogen (secondary N) is 1. The molecule has 1 fully saturated rings. The maximum Gasteiger partial charge on any atom is 0.427 e. The highest BCUT2D eigenvalue weighted by Gasteiger charge is 2.51. The van der Waals surface area contributed by atoms with E-state index in [0.717, 1.165) is 42.5 Å². The number of nitrogens with zero attached hydrogens (tertiary/aromatic N) is 1. The van der Waals surface area contributed by atoms with E-state index in [9.17, 15) is 40.7 Å². The molecular weight excluding hydrogens is 576 g/mol. The molecule has 2 aliphatic rings. The van der Waals surface area contributed by atoms with E-state index < -0.39 is 51.7 Å². The summed E-state index contributed by atoms with van der Waals surface area (Å²) in [6.45, 7) is 1.01. The number of sulfonamides is 1. The highest BCUT2D eigenvalue weighted by atomic mass is 32.2. The first-order chi connectivity index (χ1) is 19.0. The van der Waals surface area contributed by atoms with E-state index in [0.29, 0.717) is 13.8 Å². The Morgan fingerprint density at radius 1 is 1.17 bits per heavy atom. The molecule has 1 aliphatic heterocycles. The Morgan fingerprint density at radius 3 is 2.44 bits per heavy atom. The molecule has 10 nitrogen and oxygen atoms in total. The van der Waals surface area contributed by atoms with Gasteiger partial charge in [0.15, 0.2) is 11.6 Å². The molecule has 41 heavy (non-hydrogen) atoms. The van der Waals surface area contributed by atoms with Gasteiger partial charge in [-0.05, 0) is 69.4 Å². The fraction of sp³-hybridized carbons (Fsp3) is 0.462. The molecule has 2 aromatic carbocycles. The summed E-state index contributed by atoms with van der Waals surface area (Å²) in [4.78, 5) is 23.8. The maximum absolute atomic E-state index is 14.0. The zero-order valence-corrected chi connectivity index (χ0v) is 23.0. The predicted molar refractivity (Wildman–Crippen MR) is 137 cm³/mol. The fourth-order valence-electron chi connectivity index (χ4n) is 4.38. The summed E-state index contributed by atoms with van der Waals surface area (Å²) in [5.74, 6) is -2.95. The van der Waals surface area contributed by atoms with Gasteiger partial charge in [0.2, 0.25) is 5.60 Å². The monoisotopic (exact) mass is 604 g/mol. The van der Waals surface area contributed by atoms with Crippen molar-refractivity contribution in [2.75, 3.05) is 23.3 Å². The minimum Gasteiger partial charge on any atom is -0.494 e. The summed E-state index contributed by atoms with van der Waals surface area (Å²) in [6.07, 6.45) is -5.69. The average molecular weight is 605 g/mol. The van der Waals surface area contributed by atoms with Gasteiger partial charge in [-0.25, -0.2) is 17.6 Å². The SMILES string of the molecule is COc1cc(S(=O)(=O)N2C[C@H](CC(C(=O)O)C3CC3)Oc3ccc(NC(=O)OC(C)(C)C(F)(F)F)cc32)ccc1F. The molecule has 1 saturated carbocycles. The number of fused-ring (bicyclic) bond motifs is 1. The third kappa shape index (κ3) is 6.44. The van der Waals surface area contributed by atoms with Crippen molar-refractivity contribution in [2.45, 2.75) is 55.9 Å². The van der Waals surface area contributed by atoms with Crippen LogP contribution < -0.4 is 19.1 Å². The highest BCUT2D eigenvalue weighted by Crippen LogP contribution is 2.44. The van der Waals surface area contributed by atoms with Crippen molar-refractivity contribution >= 4 is 33.5 Å². The summed E-state index contributed by atoms with van der Waals surface area (Å²) >= 11 is 0. The Bertz CT molecular complexity index is 1440. The molecule has 0 saturated heterocycles. The Kier molecular flexibility index (Phi) is 8.04. The summed E-state index contributed by atoms with van der Waals surface area (Å²) < 4.78 is 97.4. The van der Waals surface area contributed by atoms with Crippen molar-refractivity contribution in [3.05, 3.63) is 42.2 Å². The van der Waals surface area contributed by atoms with E-state index in [1.807, 2.05) is 0 Å². The number of aliphatic carboxylic acids is 1. The first-order valence-corrected chi connectivity index (χ1v) is 13.9. The largest absolute Gasteiger partial charge is 0.494 e. The first-order valence-electron chi connectivity index (χ1n) is 12.5. The smallest absolute Gasteiger partial charge is 0.427 e. The van der Waals surface area contributed by atoms with Gasteiger partial charge in [-0.2, -0.15) is 13.2 Å². The molecule has 1 amide bonds. The lowest BCUT2D eigenvalue weighted by atomic mass is 9.95. The van der Waals surface area contributed by atoms with Crippen molar-refractivity contribution in [1.29, 1.82) is 0 Å². The molecule has 15 heteroatoms. The van der Waals surface area contributed by atoms with Crippen LogP contribution in [0, 0.1) is 17.7 Å². The maximum atomic E-state index is 14.0. The third-order valence-corrected chi connectivity index (χ3v) is 8.68. The van der Waals surface area contributed by atoms with Crippen LogP contribution in [0.15, 0.2) is 41.3 Å². The average Bonchev–Trinajstić information content (AvgIpc) is 3.71. The molecular formula is C26H28F4N2O8S. The van der Waals surface area contributed by atoms with E-state index in [-0.39, 0.29) is 46.7 Å². The molecule has 4 rings (SSSR count). The summed E-state index contributed by atoms with van der Waals surface area (Å²) in [6, 6.07) is 6.66. The number of hydrogen-bond acceptors (Lipinski definition) is 7. The van der Waals surface area contributed by atoms with Crippen LogP contribution in [0.4, 0.5) is 33.7 Å². The zero-order chi connectivity index (χ0) is 30.3. The number of carboxylic acids is 1. The Labute approximate surface area is 233 Å². The number of amides is 1. The molecule has 0 bridgehead atoms. The van der Waals surface area contributed by atoms with Gasteiger partial charge in [-0.3, -0.25) is 14.4 Å². The lowest BCUT2D eigenvalue weighted by molar-refractivity contribution is -0.242. The number of alkyl halides is 3. The molecule has 0 spiro atoms. The zero-order valence-electron chi connectivity index (χ0n) is 22.2. The highest BCUT2D eigenvalue weighted by molar-refractivity contribution is 7.92. The summed E-state index contributed by atoms with van der Waals surface area (Å²) in [5.41, 5.74) is -3.00. The van der Waals surface area contributed by atoms with Crippen molar-refractivity contribution in [3.63, 3.8) is 0 Å². The topological polar surface area (TPSA) is 131 Å². The van der Waals surface area contributed by atoms with E-state index >= 15 is 0 Å². The number of halogens is 4. The van der Waals surface area contributed by atoms with E-state index in [1.54, 1.807) is 0 Å². The van der Waals surface area contributed by atoms with Crippen molar-refractivity contribution in [1.82, 2.24) is 0 Å². The second-order valence-corrected chi connectivity index (χ2v) is 12.2. The van der Waals surface area contributed by atoms with Crippen LogP contribution in [0.25, 0.3) is 0 Å². The number of ether oxygens (including phenoxy) is 3. The number of carbonyl (C=O) groups is 2. The van der Waals surface area contributed by atoms with Gasteiger partial charge in [0.05, 0.1) is 30.2 Å². The molecule has 2 atom stereocenters. The molecule has 1 unspecified atom stereocenters. The Hall–Kier alpha value is -3.75. The predicted octanol–water partition coefficient (Wildman–Crippen LogP) is 5.18. The number of rotatable bonds is 9. The van der Waals surface area contributed by atoms with Gasteiger partial charge in [-0.1, -0.05) is 0 Å². The number of hydrogen-bond donors (Lipinski definition) is 2. The second kappa shape index (κ2) is 10.9. The summed E-state index contributed by atoms with van der Waals surface area (Å²) in [5, 5.41) is 11.8. The van der Waals surface area contributed by atoms with Crippen molar-refractivity contribution in [3.8, 4) is 11.5 Å². The molecule has 0 aromatic heterocycles. The lowest BCUT2D eigenvalue weighted by Crippen LogP contribution is -2.45. The van der Waals surface area contributed by atoms with Crippen LogP contribution in [0.3, 0.4) is 0 Å². The minimum atomic E-state index is -4.85. The normalized spacial score (nSPS) is 18.1. The van der Waals surface area contributed by atoms with Crippen LogP contribution in [0.2, 0.25) is 0 Å². The number of carboxylic acid groups (broad SMARTS) is 1. The quantitative estimate of drug-likeness (QED) is 0.375. The van der Waals surface area contributed by atoms with E-state index in [4.69, 9.17) is 9.47 Å². The van der Waals surface area contributed by atoms with Gasteiger partial charge in [0.25, 0.3) is 10.0 Å². The molecule has 1 heterocycles. The standard InChI is InChI=1S/C26H28F4N2O8S/c1-25(2,26(28,29)30)40-24(35)31-15-6-9-21-20(10-15)32(13-16(39-21)11-18(23(33)34)14-4-5-14)41(36,37)17-7-8-19(27)22(12-17)38-3/h6-10,12,14,16,18H,4-5,11,13H2,1-3H3,(H,31,35)(H,33,34)/t16-,18?/m0/s1. The molecule has 0 radical (unpaired) electrons.